The van der Waals surface area contributed by atoms with E-state index in [9.17, 15) is 45.9 Å². The monoisotopic (exact) mass is 479 g/mol. The van der Waals surface area contributed by atoms with E-state index in [1.807, 2.05) is 0 Å². The molecule has 2 saturated heterocycles. The van der Waals surface area contributed by atoms with E-state index in [4.69, 9.17) is 14.2 Å². The summed E-state index contributed by atoms with van der Waals surface area (Å²) in [6.45, 7) is -1.25. The molecule has 0 unspecified atom stereocenters. The Morgan fingerprint density at radius 3 is 2.06 bits per heavy atom. The summed E-state index contributed by atoms with van der Waals surface area (Å²) in [7, 11) is 0. The molecule has 0 amide bonds. The first kappa shape index (κ1) is 25.0. The molecule has 0 saturated carbocycles. The van der Waals surface area contributed by atoms with Crippen molar-refractivity contribution in [1.82, 2.24) is 0 Å². The molecule has 0 bridgehead atoms. The highest BCUT2D eigenvalue weighted by Crippen LogP contribution is 2.38. The van der Waals surface area contributed by atoms with Crippen molar-refractivity contribution in [1.29, 1.82) is 0 Å². The Bertz CT molecular complexity index is 765. The molecular weight excluding hydrogens is 454 g/mol. The Morgan fingerprint density at radius 2 is 1.50 bits per heavy atom. The Morgan fingerprint density at radius 1 is 0.875 bits per heavy atom. The van der Waals surface area contributed by atoms with Gasteiger partial charge < -0.3 is 50.0 Å². The van der Waals surface area contributed by atoms with Gasteiger partial charge in [0.1, 0.15) is 47.8 Å². The molecule has 32 heavy (non-hydrogen) atoms. The SMILES string of the molecule is O=[N+]([O-])c1ccc(O[C@@H]2O[C@H](CO)[C@@H](S[C@@H]3O[C@H](CO)[C@@H](O)[C@H](O)[C@@H]3O)[C@H](O)[C@H]2O)cc1. The van der Waals surface area contributed by atoms with E-state index in [2.05, 4.69) is 0 Å². The number of aliphatic hydroxyl groups excluding tert-OH is 7. The van der Waals surface area contributed by atoms with Crippen molar-refractivity contribution in [3.05, 3.63) is 34.4 Å². The average molecular weight is 479 g/mol. The second-order valence-electron chi connectivity index (χ2n) is 7.37. The minimum absolute atomic E-state index is 0.114. The van der Waals surface area contributed by atoms with Crippen LogP contribution in [0.2, 0.25) is 0 Å². The third-order valence-electron chi connectivity index (χ3n) is 5.26. The minimum atomic E-state index is -1.63. The number of aliphatic hydroxyl groups is 7. The minimum Gasteiger partial charge on any atom is -0.462 e. The van der Waals surface area contributed by atoms with Gasteiger partial charge >= 0.3 is 0 Å². The molecule has 0 aliphatic carbocycles. The van der Waals surface area contributed by atoms with Crippen LogP contribution in [-0.4, -0.2) is 114 Å². The maximum atomic E-state index is 10.7. The van der Waals surface area contributed by atoms with E-state index >= 15 is 0 Å². The fraction of sp³-hybridized carbons (Fsp3) is 0.667. The van der Waals surface area contributed by atoms with Gasteiger partial charge in [0.15, 0.2) is 0 Å². The largest absolute Gasteiger partial charge is 0.462 e. The molecule has 7 N–H and O–H groups in total. The number of thioether (sulfide) groups is 1. The van der Waals surface area contributed by atoms with Gasteiger partial charge in [-0.25, -0.2) is 0 Å². The van der Waals surface area contributed by atoms with Gasteiger partial charge in [-0.1, -0.05) is 0 Å². The summed E-state index contributed by atoms with van der Waals surface area (Å²) in [6, 6.07) is 4.93. The number of rotatable bonds is 7. The summed E-state index contributed by atoms with van der Waals surface area (Å²) in [4.78, 5) is 10.2. The molecule has 2 aliphatic rings. The van der Waals surface area contributed by atoms with E-state index in [1.165, 1.54) is 24.3 Å². The van der Waals surface area contributed by atoms with Crippen molar-refractivity contribution in [2.45, 2.75) is 59.7 Å². The summed E-state index contributed by atoms with van der Waals surface area (Å²) in [6.07, 6.45) is -11.6. The van der Waals surface area contributed by atoms with Gasteiger partial charge in [0, 0.05) is 12.1 Å². The lowest BCUT2D eigenvalue weighted by Gasteiger charge is -2.45. The normalized spacial score (nSPS) is 40.1. The molecule has 1 aromatic rings. The van der Waals surface area contributed by atoms with Crippen molar-refractivity contribution >= 4 is 17.4 Å². The fourth-order valence-corrected chi connectivity index (χ4v) is 4.92. The molecule has 1 aromatic carbocycles. The highest BCUT2D eigenvalue weighted by molar-refractivity contribution is 8.00. The molecular formula is C18H25NO12S. The maximum absolute atomic E-state index is 10.7. The number of ether oxygens (including phenoxy) is 3. The van der Waals surface area contributed by atoms with Crippen molar-refractivity contribution in [3.8, 4) is 5.75 Å². The van der Waals surface area contributed by atoms with Crippen LogP contribution in [-0.2, 0) is 9.47 Å². The van der Waals surface area contributed by atoms with Crippen LogP contribution in [0.4, 0.5) is 5.69 Å². The van der Waals surface area contributed by atoms with Gasteiger partial charge in [-0.2, -0.15) is 0 Å². The van der Waals surface area contributed by atoms with Gasteiger partial charge in [-0.05, 0) is 12.1 Å². The maximum Gasteiger partial charge on any atom is 0.269 e. The third-order valence-corrected chi connectivity index (χ3v) is 6.82. The first-order valence-electron chi connectivity index (χ1n) is 9.67. The summed E-state index contributed by atoms with van der Waals surface area (Å²) in [5.41, 5.74) is -1.39. The number of benzene rings is 1. The molecule has 2 fully saturated rings. The van der Waals surface area contributed by atoms with E-state index < -0.39 is 77.8 Å². The van der Waals surface area contributed by atoms with Crippen LogP contribution in [0, 0.1) is 10.1 Å². The van der Waals surface area contributed by atoms with Gasteiger partial charge in [0.2, 0.25) is 6.29 Å². The number of non-ortho nitro benzene ring substituents is 1. The molecule has 2 aliphatic heterocycles. The lowest BCUT2D eigenvalue weighted by Crippen LogP contribution is -2.62. The smallest absolute Gasteiger partial charge is 0.269 e. The number of hydrogen-bond acceptors (Lipinski definition) is 13. The summed E-state index contributed by atoms with van der Waals surface area (Å²) in [5, 5.41) is 79.9. The zero-order valence-electron chi connectivity index (χ0n) is 16.5. The summed E-state index contributed by atoms with van der Waals surface area (Å²) >= 11 is 0.753. The molecule has 2 heterocycles. The van der Waals surface area contributed by atoms with E-state index in [0.717, 1.165) is 11.8 Å². The van der Waals surface area contributed by atoms with Crippen LogP contribution in [0.5, 0.6) is 5.75 Å². The second-order valence-corrected chi connectivity index (χ2v) is 8.65. The third kappa shape index (κ3) is 5.14. The summed E-state index contributed by atoms with van der Waals surface area (Å²) in [5.74, 6) is 0.114. The predicted molar refractivity (Wildman–Crippen MR) is 107 cm³/mol. The van der Waals surface area contributed by atoms with Crippen LogP contribution in [0.15, 0.2) is 24.3 Å². The van der Waals surface area contributed by atoms with Crippen LogP contribution >= 0.6 is 11.8 Å². The van der Waals surface area contributed by atoms with E-state index in [-0.39, 0.29) is 11.4 Å². The first-order valence-corrected chi connectivity index (χ1v) is 10.6. The lowest BCUT2D eigenvalue weighted by molar-refractivity contribution is -0.384. The van der Waals surface area contributed by atoms with Gasteiger partial charge in [-0.3, -0.25) is 10.1 Å². The molecule has 0 aromatic heterocycles. The number of hydrogen-bond donors (Lipinski definition) is 7. The van der Waals surface area contributed by atoms with Gasteiger partial charge in [0.25, 0.3) is 5.69 Å². The van der Waals surface area contributed by atoms with E-state index in [0.29, 0.717) is 0 Å². The quantitative estimate of drug-likeness (QED) is 0.157. The van der Waals surface area contributed by atoms with Crippen molar-refractivity contribution in [2.24, 2.45) is 0 Å². The first-order chi connectivity index (χ1) is 15.2. The average Bonchev–Trinajstić information content (AvgIpc) is 2.79. The Labute approximate surface area is 185 Å². The molecule has 3 rings (SSSR count). The van der Waals surface area contributed by atoms with Gasteiger partial charge in [-0.15, -0.1) is 11.8 Å². The Hall–Kier alpha value is -1.59. The second kappa shape index (κ2) is 10.6. The van der Waals surface area contributed by atoms with Crippen LogP contribution < -0.4 is 4.74 Å². The lowest BCUT2D eigenvalue weighted by atomic mass is 10.0. The standard InChI is InChI=1S/C18H25NO12S/c20-5-9-11(22)12(23)15(26)18(31-9)32-16-10(6-21)30-17(14(25)13(16)24)29-8-3-1-7(2-4-8)19(27)28/h1-4,9-18,20-26H,5-6H2/t9-,10-,11-,12+,13-,14-,15+,16-,17-,18+/m1/s1. The highest BCUT2D eigenvalue weighted by atomic mass is 32.2. The van der Waals surface area contributed by atoms with Crippen LogP contribution in [0.1, 0.15) is 0 Å². The van der Waals surface area contributed by atoms with Crippen molar-refractivity contribution in [3.63, 3.8) is 0 Å². The molecule has 13 nitrogen and oxygen atoms in total. The van der Waals surface area contributed by atoms with Crippen LogP contribution in [0.25, 0.3) is 0 Å². The van der Waals surface area contributed by atoms with Crippen molar-refractivity contribution < 1.29 is 54.9 Å². The number of nitrogens with zero attached hydrogens (tertiary/aromatic N) is 1. The molecule has 0 spiro atoms. The van der Waals surface area contributed by atoms with Crippen molar-refractivity contribution in [2.75, 3.05) is 13.2 Å². The van der Waals surface area contributed by atoms with Gasteiger partial charge in [0.05, 0.1) is 29.5 Å². The van der Waals surface area contributed by atoms with Crippen LogP contribution in [0.3, 0.4) is 0 Å². The zero-order valence-corrected chi connectivity index (χ0v) is 17.3. The van der Waals surface area contributed by atoms with E-state index in [1.54, 1.807) is 0 Å². The molecule has 0 radical (unpaired) electrons. The Balaban J connectivity index is 1.70. The highest BCUT2D eigenvalue weighted by Gasteiger charge is 2.50. The number of nitro benzene ring substituents is 1. The summed E-state index contributed by atoms with van der Waals surface area (Å²) < 4.78 is 16.4. The topological polar surface area (TPSA) is 212 Å². The molecule has 14 heteroatoms. The Kier molecular flexibility index (Phi) is 8.26. The molecule has 180 valence electrons. The zero-order chi connectivity index (χ0) is 23.6. The molecule has 10 atom stereocenters. The fourth-order valence-electron chi connectivity index (χ4n) is 3.43. The number of nitro groups is 1. The predicted octanol–water partition coefficient (Wildman–Crippen LogP) is -2.69.